The van der Waals surface area contributed by atoms with Crippen molar-refractivity contribution in [3.05, 3.63) is 52.3 Å². The number of nitrogens with zero attached hydrogens (tertiary/aromatic N) is 3. The van der Waals surface area contributed by atoms with Crippen molar-refractivity contribution in [1.82, 2.24) is 14.9 Å². The van der Waals surface area contributed by atoms with Gasteiger partial charge in [-0.05, 0) is 30.7 Å². The van der Waals surface area contributed by atoms with E-state index in [0.717, 1.165) is 4.47 Å². The number of carbonyl (C=O) groups is 2. The summed E-state index contributed by atoms with van der Waals surface area (Å²) in [6.45, 7) is -0.361. The maximum absolute atomic E-state index is 13.3. The molecule has 1 aliphatic rings. The van der Waals surface area contributed by atoms with Crippen LogP contribution >= 0.6 is 15.9 Å². The Hall–Kier alpha value is -2.56. The minimum atomic E-state index is -4.59. The summed E-state index contributed by atoms with van der Waals surface area (Å²) >= 11 is 3.26. The molecule has 0 radical (unpaired) electrons. The molecule has 1 N–H and O–H groups in total. The van der Waals surface area contributed by atoms with Gasteiger partial charge in [0.05, 0.1) is 5.56 Å². The van der Waals surface area contributed by atoms with Crippen LogP contribution in [0.1, 0.15) is 22.3 Å². The van der Waals surface area contributed by atoms with Crippen LogP contribution in [-0.2, 0) is 11.0 Å². The maximum Gasteiger partial charge on any atom is 0.419 e. The van der Waals surface area contributed by atoms with E-state index in [0.29, 0.717) is 24.4 Å². The second-order valence-electron chi connectivity index (χ2n) is 6.55. The number of aromatic nitrogens is 2. The molecule has 0 aliphatic heterocycles. The van der Waals surface area contributed by atoms with Crippen molar-refractivity contribution in [3.8, 4) is 0 Å². The Kier molecular flexibility index (Phi) is 6.15. The molecule has 6 nitrogen and oxygen atoms in total. The maximum atomic E-state index is 13.3. The highest BCUT2D eigenvalue weighted by atomic mass is 79.9. The molecule has 154 valence electrons. The third-order valence-corrected chi connectivity index (χ3v) is 4.76. The molecule has 11 heteroatoms. The quantitative estimate of drug-likeness (QED) is 0.647. The van der Waals surface area contributed by atoms with E-state index >= 15 is 0 Å². The second-order valence-corrected chi connectivity index (χ2v) is 7.46. The van der Waals surface area contributed by atoms with E-state index in [9.17, 15) is 27.2 Å². The number of rotatable bonds is 6. The second kappa shape index (κ2) is 8.44. The zero-order valence-electron chi connectivity index (χ0n) is 14.8. The predicted octanol–water partition coefficient (Wildman–Crippen LogP) is 3.70. The lowest BCUT2D eigenvalue weighted by molar-refractivity contribution is -0.138. The lowest BCUT2D eigenvalue weighted by atomic mass is 10.2. The molecule has 0 saturated heterocycles. The summed E-state index contributed by atoms with van der Waals surface area (Å²) in [6.07, 6.45) is -4.20. The first-order chi connectivity index (χ1) is 13.6. The molecule has 2 atom stereocenters. The van der Waals surface area contributed by atoms with Crippen molar-refractivity contribution < 1.29 is 27.2 Å². The smallest absolute Gasteiger partial charge is 0.329 e. The number of benzene rings is 1. The first-order valence-corrected chi connectivity index (χ1v) is 9.31. The Balaban J connectivity index is 1.67. The largest absolute Gasteiger partial charge is 0.419 e. The molecule has 1 aromatic heterocycles. The van der Waals surface area contributed by atoms with Gasteiger partial charge in [-0.1, -0.05) is 15.9 Å². The fraction of sp³-hybridized carbons (Fsp3) is 0.333. The van der Waals surface area contributed by atoms with Crippen LogP contribution in [0.4, 0.5) is 23.5 Å². The molecular weight excluding hydrogens is 460 g/mol. The van der Waals surface area contributed by atoms with E-state index in [-0.39, 0.29) is 18.4 Å². The molecule has 3 rings (SSSR count). The van der Waals surface area contributed by atoms with Gasteiger partial charge >= 0.3 is 6.18 Å². The lowest BCUT2D eigenvalue weighted by Gasteiger charge is -2.22. The first kappa shape index (κ1) is 21.2. The van der Waals surface area contributed by atoms with Gasteiger partial charge in [-0.15, -0.1) is 0 Å². The van der Waals surface area contributed by atoms with Crippen LogP contribution in [-0.4, -0.2) is 45.9 Å². The fourth-order valence-corrected chi connectivity index (χ4v) is 2.82. The van der Waals surface area contributed by atoms with Gasteiger partial charge in [0.25, 0.3) is 5.91 Å². The SMILES string of the molecule is O=C(CN(CC1CC1F)C(=O)c1ccc(Br)cc1)Nc1ncc(C(F)(F)F)cn1. The molecule has 1 heterocycles. The van der Waals surface area contributed by atoms with Crippen molar-refractivity contribution in [1.29, 1.82) is 0 Å². The number of carbonyl (C=O) groups excluding carboxylic acids is 2. The Morgan fingerprint density at radius 3 is 2.28 bits per heavy atom. The summed E-state index contributed by atoms with van der Waals surface area (Å²) < 4.78 is 51.7. The zero-order valence-corrected chi connectivity index (χ0v) is 16.4. The Morgan fingerprint density at radius 2 is 1.76 bits per heavy atom. The van der Waals surface area contributed by atoms with E-state index in [1.807, 2.05) is 0 Å². The highest BCUT2D eigenvalue weighted by molar-refractivity contribution is 9.10. The number of nitrogens with one attached hydrogen (secondary N) is 1. The summed E-state index contributed by atoms with van der Waals surface area (Å²) in [5.74, 6) is -1.83. The van der Waals surface area contributed by atoms with Crippen molar-refractivity contribution in [2.24, 2.45) is 5.92 Å². The van der Waals surface area contributed by atoms with Gasteiger partial charge in [-0.25, -0.2) is 14.4 Å². The predicted molar refractivity (Wildman–Crippen MR) is 98.7 cm³/mol. The van der Waals surface area contributed by atoms with Crippen molar-refractivity contribution in [2.45, 2.75) is 18.8 Å². The number of amides is 2. The molecule has 2 aromatic rings. The number of halogens is 5. The fourth-order valence-electron chi connectivity index (χ4n) is 2.55. The average Bonchev–Trinajstić information content (AvgIpc) is 3.35. The van der Waals surface area contributed by atoms with Gasteiger partial charge in [-0.2, -0.15) is 13.2 Å². The number of alkyl halides is 4. The molecule has 1 fully saturated rings. The van der Waals surface area contributed by atoms with Gasteiger partial charge in [-0.3, -0.25) is 14.9 Å². The molecule has 2 amide bonds. The van der Waals surface area contributed by atoms with E-state index in [2.05, 4.69) is 31.2 Å². The van der Waals surface area contributed by atoms with E-state index in [1.54, 1.807) is 24.3 Å². The average molecular weight is 475 g/mol. The van der Waals surface area contributed by atoms with Crippen LogP contribution in [0.15, 0.2) is 41.1 Å². The Bertz CT molecular complexity index is 890. The van der Waals surface area contributed by atoms with Gasteiger partial charge in [0.1, 0.15) is 12.7 Å². The molecule has 1 aliphatic carbocycles. The van der Waals surface area contributed by atoms with E-state index in [1.165, 1.54) is 4.90 Å². The summed E-state index contributed by atoms with van der Waals surface area (Å²) in [6, 6.07) is 6.46. The van der Waals surface area contributed by atoms with Crippen molar-refractivity contribution in [2.75, 3.05) is 18.4 Å². The summed E-state index contributed by atoms with van der Waals surface area (Å²) in [5.41, 5.74) is -0.729. The van der Waals surface area contributed by atoms with Gasteiger partial charge in [0.2, 0.25) is 11.9 Å². The third-order valence-electron chi connectivity index (χ3n) is 4.23. The van der Waals surface area contributed by atoms with Crippen LogP contribution in [0.2, 0.25) is 0 Å². The minimum absolute atomic E-state index is 0.0529. The standard InChI is InChI=1S/C18H15BrF4N4O2/c19-13-3-1-10(2-4-13)16(29)27(8-11-5-14(11)20)9-15(28)26-17-24-6-12(7-25-17)18(21,22)23/h1-4,6-7,11,14H,5,8-9H2,(H,24,25,26,28). The normalized spacial score (nSPS) is 18.2. The summed E-state index contributed by atoms with van der Waals surface area (Å²) in [5, 5.41) is 2.25. The van der Waals surface area contributed by atoms with Gasteiger partial charge < -0.3 is 4.90 Å². The first-order valence-electron chi connectivity index (χ1n) is 8.51. The molecular formula is C18H15BrF4N4O2. The van der Waals surface area contributed by atoms with Crippen molar-refractivity contribution in [3.63, 3.8) is 0 Å². The van der Waals surface area contributed by atoms with E-state index in [4.69, 9.17) is 0 Å². The van der Waals surface area contributed by atoms with Crippen LogP contribution in [0.25, 0.3) is 0 Å². The number of hydrogen-bond donors (Lipinski definition) is 1. The Morgan fingerprint density at radius 1 is 1.17 bits per heavy atom. The van der Waals surface area contributed by atoms with Crippen LogP contribution in [0, 0.1) is 5.92 Å². The highest BCUT2D eigenvalue weighted by Crippen LogP contribution is 2.34. The monoisotopic (exact) mass is 474 g/mol. The van der Waals surface area contributed by atoms with Crippen LogP contribution in [0.3, 0.4) is 0 Å². The highest BCUT2D eigenvalue weighted by Gasteiger charge is 2.40. The molecule has 29 heavy (non-hydrogen) atoms. The zero-order chi connectivity index (χ0) is 21.2. The van der Waals surface area contributed by atoms with Gasteiger partial charge in [0.15, 0.2) is 0 Å². The van der Waals surface area contributed by atoms with Crippen LogP contribution < -0.4 is 5.32 Å². The molecule has 0 bridgehead atoms. The summed E-state index contributed by atoms with van der Waals surface area (Å²) in [7, 11) is 0. The van der Waals surface area contributed by atoms with Crippen LogP contribution in [0.5, 0.6) is 0 Å². The van der Waals surface area contributed by atoms with Gasteiger partial charge in [0, 0.05) is 34.9 Å². The lowest BCUT2D eigenvalue weighted by Crippen LogP contribution is -2.39. The van der Waals surface area contributed by atoms with E-state index < -0.39 is 36.3 Å². The third kappa shape index (κ3) is 5.72. The minimum Gasteiger partial charge on any atom is -0.329 e. The molecule has 2 unspecified atom stereocenters. The molecule has 0 spiro atoms. The number of hydrogen-bond acceptors (Lipinski definition) is 4. The Labute approximate surface area is 171 Å². The molecule has 1 aromatic carbocycles. The summed E-state index contributed by atoms with van der Waals surface area (Å²) in [4.78, 5) is 33.1. The topological polar surface area (TPSA) is 75.2 Å². The molecule has 1 saturated carbocycles. The number of anilines is 1. The van der Waals surface area contributed by atoms with Crippen molar-refractivity contribution >= 4 is 33.7 Å².